The van der Waals surface area contributed by atoms with E-state index >= 15 is 0 Å². The van der Waals surface area contributed by atoms with E-state index in [2.05, 4.69) is 10.6 Å². The fourth-order valence-electron chi connectivity index (χ4n) is 2.71. The van der Waals surface area contributed by atoms with Gasteiger partial charge in [0.2, 0.25) is 0 Å². The van der Waals surface area contributed by atoms with Crippen molar-refractivity contribution in [2.75, 3.05) is 39.0 Å². The first kappa shape index (κ1) is 22.7. The number of nitrogens with zero attached hydrogens (tertiary/aromatic N) is 1. The number of benzene rings is 1. The first-order chi connectivity index (χ1) is 11.6. The number of alkyl halides is 3. The first-order valence-corrected chi connectivity index (χ1v) is 9.58. The second-order valence-corrected chi connectivity index (χ2v) is 7.81. The third kappa shape index (κ3) is 5.83. The SMILES string of the molecule is CS(=O)(=O)c1ccccc1C(=O)NCC(N1CCNCC1)C(F)(F)F.Cl. The summed E-state index contributed by atoms with van der Waals surface area (Å²) in [6, 6.07) is 3.62. The highest BCUT2D eigenvalue weighted by Crippen LogP contribution is 2.25. The number of rotatable bonds is 5. The molecule has 1 amide bonds. The van der Waals surface area contributed by atoms with E-state index in [-0.39, 0.29) is 36.0 Å². The molecule has 1 fully saturated rings. The summed E-state index contributed by atoms with van der Waals surface area (Å²) in [5.74, 6) is -0.842. The zero-order chi connectivity index (χ0) is 18.7. The maximum Gasteiger partial charge on any atom is 0.405 e. The van der Waals surface area contributed by atoms with Crippen LogP contribution in [0.25, 0.3) is 0 Å². The summed E-state index contributed by atoms with van der Waals surface area (Å²) in [7, 11) is -3.67. The number of carbonyl (C=O) groups excluding carboxylic acids is 1. The number of sulfone groups is 1. The fourth-order valence-corrected chi connectivity index (χ4v) is 3.59. The van der Waals surface area contributed by atoms with Crippen LogP contribution in [0.5, 0.6) is 0 Å². The molecule has 2 rings (SSSR count). The van der Waals surface area contributed by atoms with Crippen molar-refractivity contribution in [2.45, 2.75) is 17.1 Å². The van der Waals surface area contributed by atoms with Crippen molar-refractivity contribution in [1.82, 2.24) is 15.5 Å². The van der Waals surface area contributed by atoms with Crippen LogP contribution in [0.15, 0.2) is 29.2 Å². The van der Waals surface area contributed by atoms with Crippen molar-refractivity contribution in [1.29, 1.82) is 0 Å². The van der Waals surface area contributed by atoms with E-state index in [9.17, 15) is 26.4 Å². The van der Waals surface area contributed by atoms with Gasteiger partial charge in [0.15, 0.2) is 9.84 Å². The topological polar surface area (TPSA) is 78.5 Å². The van der Waals surface area contributed by atoms with Crippen molar-refractivity contribution in [3.8, 4) is 0 Å². The molecule has 0 aromatic heterocycles. The van der Waals surface area contributed by atoms with Crippen LogP contribution in [-0.4, -0.2) is 70.4 Å². The molecule has 0 bridgehead atoms. The van der Waals surface area contributed by atoms with Crippen LogP contribution >= 0.6 is 12.4 Å². The molecule has 1 saturated heterocycles. The van der Waals surface area contributed by atoms with Gasteiger partial charge in [-0.25, -0.2) is 8.42 Å². The average Bonchev–Trinajstić information content (AvgIpc) is 2.54. The summed E-state index contributed by atoms with van der Waals surface area (Å²) < 4.78 is 63.4. The van der Waals surface area contributed by atoms with E-state index in [1.165, 1.54) is 29.2 Å². The van der Waals surface area contributed by atoms with Crippen molar-refractivity contribution >= 4 is 28.2 Å². The van der Waals surface area contributed by atoms with Gasteiger partial charge in [0.05, 0.1) is 10.5 Å². The number of carbonyl (C=O) groups is 1. The predicted molar refractivity (Wildman–Crippen MR) is 93.4 cm³/mol. The lowest BCUT2D eigenvalue weighted by Crippen LogP contribution is -2.57. The highest BCUT2D eigenvalue weighted by atomic mass is 35.5. The van der Waals surface area contributed by atoms with Gasteiger partial charge < -0.3 is 10.6 Å². The summed E-state index contributed by atoms with van der Waals surface area (Å²) in [6.07, 6.45) is -3.56. The molecule has 1 aromatic carbocycles. The molecule has 1 aliphatic heterocycles. The van der Waals surface area contributed by atoms with Crippen LogP contribution in [0.2, 0.25) is 0 Å². The molecule has 26 heavy (non-hydrogen) atoms. The van der Waals surface area contributed by atoms with Crippen LogP contribution in [0.3, 0.4) is 0 Å². The highest BCUT2D eigenvalue weighted by molar-refractivity contribution is 7.90. The standard InChI is InChI=1S/C15H20F3N3O3S.ClH/c1-25(23,24)12-5-3-2-4-11(12)14(22)20-10-13(15(16,17)18)21-8-6-19-7-9-21;/h2-5,13,19H,6-10H2,1H3,(H,20,22);1H. The molecule has 11 heteroatoms. The Morgan fingerprint density at radius 1 is 1.27 bits per heavy atom. The van der Waals surface area contributed by atoms with E-state index in [4.69, 9.17) is 0 Å². The minimum Gasteiger partial charge on any atom is -0.350 e. The van der Waals surface area contributed by atoms with E-state index < -0.39 is 34.5 Å². The molecule has 6 nitrogen and oxygen atoms in total. The van der Waals surface area contributed by atoms with Crippen LogP contribution in [-0.2, 0) is 9.84 Å². The third-order valence-corrected chi connectivity index (χ3v) is 5.11. The summed E-state index contributed by atoms with van der Waals surface area (Å²) in [6.45, 7) is 0.690. The third-order valence-electron chi connectivity index (χ3n) is 3.96. The molecule has 0 spiro atoms. The number of piperazine rings is 1. The fraction of sp³-hybridized carbons (Fsp3) is 0.533. The Morgan fingerprint density at radius 3 is 2.38 bits per heavy atom. The molecular weight excluding hydrogens is 395 g/mol. The van der Waals surface area contributed by atoms with Gasteiger partial charge in [-0.1, -0.05) is 12.1 Å². The first-order valence-electron chi connectivity index (χ1n) is 7.69. The van der Waals surface area contributed by atoms with E-state index in [0.29, 0.717) is 13.1 Å². The average molecular weight is 416 g/mol. The molecule has 1 aliphatic rings. The summed E-state index contributed by atoms with van der Waals surface area (Å²) in [5, 5.41) is 5.20. The van der Waals surface area contributed by atoms with Crippen LogP contribution in [0.1, 0.15) is 10.4 Å². The molecule has 1 unspecified atom stereocenters. The lowest BCUT2D eigenvalue weighted by molar-refractivity contribution is -0.183. The molecule has 2 N–H and O–H groups in total. The molecular formula is C15H21ClF3N3O3S. The maximum absolute atomic E-state index is 13.3. The number of hydrogen-bond donors (Lipinski definition) is 2. The van der Waals surface area contributed by atoms with Gasteiger partial charge in [0.25, 0.3) is 5.91 Å². The summed E-state index contributed by atoms with van der Waals surface area (Å²) >= 11 is 0. The maximum atomic E-state index is 13.3. The van der Waals surface area contributed by atoms with Gasteiger partial charge in [-0.15, -0.1) is 12.4 Å². The number of halogens is 4. The molecule has 1 aromatic rings. The molecule has 148 valence electrons. The van der Waals surface area contributed by atoms with Gasteiger partial charge >= 0.3 is 6.18 Å². The minimum absolute atomic E-state index is 0. The Hall–Kier alpha value is -1.36. The zero-order valence-electron chi connectivity index (χ0n) is 14.0. The van der Waals surface area contributed by atoms with Gasteiger partial charge in [-0.05, 0) is 12.1 Å². The molecule has 1 atom stereocenters. The Labute approximate surface area is 156 Å². The van der Waals surface area contributed by atoms with E-state index in [1.807, 2.05) is 0 Å². The van der Waals surface area contributed by atoms with Crippen molar-refractivity contribution < 1.29 is 26.4 Å². The van der Waals surface area contributed by atoms with E-state index in [0.717, 1.165) is 6.26 Å². The largest absolute Gasteiger partial charge is 0.405 e. The van der Waals surface area contributed by atoms with Gasteiger partial charge in [0, 0.05) is 39.0 Å². The Balaban J connectivity index is 0.00000338. The Morgan fingerprint density at radius 2 is 1.85 bits per heavy atom. The Kier molecular flexibility index (Phi) is 7.87. The summed E-state index contributed by atoms with van der Waals surface area (Å²) in [5.41, 5.74) is -0.161. The summed E-state index contributed by atoms with van der Waals surface area (Å²) in [4.78, 5) is 13.3. The Bertz CT molecular complexity index is 722. The number of amides is 1. The monoisotopic (exact) mass is 415 g/mol. The van der Waals surface area contributed by atoms with Crippen LogP contribution in [0.4, 0.5) is 13.2 Å². The zero-order valence-corrected chi connectivity index (χ0v) is 15.7. The predicted octanol–water partition coefficient (Wildman–Crippen LogP) is 1.08. The quantitative estimate of drug-likeness (QED) is 0.752. The van der Waals surface area contributed by atoms with Gasteiger partial charge in [0.1, 0.15) is 6.04 Å². The van der Waals surface area contributed by atoms with E-state index in [1.54, 1.807) is 0 Å². The highest BCUT2D eigenvalue weighted by Gasteiger charge is 2.43. The number of nitrogens with one attached hydrogen (secondary N) is 2. The second-order valence-electron chi connectivity index (χ2n) is 5.82. The number of hydrogen-bond acceptors (Lipinski definition) is 5. The van der Waals surface area contributed by atoms with Crippen LogP contribution < -0.4 is 10.6 Å². The van der Waals surface area contributed by atoms with Crippen molar-refractivity contribution in [3.05, 3.63) is 29.8 Å². The molecule has 0 aliphatic carbocycles. The van der Waals surface area contributed by atoms with Crippen molar-refractivity contribution in [3.63, 3.8) is 0 Å². The smallest absolute Gasteiger partial charge is 0.350 e. The van der Waals surface area contributed by atoms with Crippen LogP contribution in [0, 0.1) is 0 Å². The minimum atomic E-state index is -4.50. The molecule has 1 heterocycles. The van der Waals surface area contributed by atoms with Gasteiger partial charge in [-0.2, -0.15) is 13.2 Å². The molecule has 0 saturated carbocycles. The normalized spacial score (nSPS) is 17.2. The van der Waals surface area contributed by atoms with Crippen molar-refractivity contribution in [2.24, 2.45) is 0 Å². The lowest BCUT2D eigenvalue weighted by atomic mass is 10.1. The second kappa shape index (κ2) is 9.03. The lowest BCUT2D eigenvalue weighted by Gasteiger charge is -2.35. The molecule has 0 radical (unpaired) electrons. The van der Waals surface area contributed by atoms with Gasteiger partial charge in [-0.3, -0.25) is 9.69 Å².